The van der Waals surface area contributed by atoms with Crippen molar-refractivity contribution in [3.05, 3.63) is 12.7 Å². The summed E-state index contributed by atoms with van der Waals surface area (Å²) in [6.07, 6.45) is 3.09. The standard InChI is InChI=1S/C17H32O9S.Na/c1-2-3-4-5-6-7-8-9-10-11-24-17-16(20)15(19)14(18)13(26-17)12-25-27(21,22)23;/h2,13-20H,1,3-12H2,(H,21,22,23);/q;+1/p-1/t13-,14-,15+,16-,17+;/m1./s1. The zero-order valence-electron chi connectivity index (χ0n) is 16.4. The Morgan fingerprint density at radius 2 is 1.54 bits per heavy atom. The summed E-state index contributed by atoms with van der Waals surface area (Å²) in [5.41, 5.74) is 0. The van der Waals surface area contributed by atoms with Crippen LogP contribution in [-0.4, -0.2) is 72.2 Å². The smallest absolute Gasteiger partial charge is 0.726 e. The molecular weight excluding hydrogens is 403 g/mol. The van der Waals surface area contributed by atoms with Crippen molar-refractivity contribution in [2.24, 2.45) is 0 Å². The van der Waals surface area contributed by atoms with Crippen molar-refractivity contribution in [2.75, 3.05) is 13.2 Å². The van der Waals surface area contributed by atoms with E-state index in [9.17, 15) is 28.3 Å². The van der Waals surface area contributed by atoms with Crippen molar-refractivity contribution in [1.29, 1.82) is 0 Å². The van der Waals surface area contributed by atoms with E-state index >= 15 is 0 Å². The average Bonchev–Trinajstić information content (AvgIpc) is 2.61. The van der Waals surface area contributed by atoms with Gasteiger partial charge >= 0.3 is 29.6 Å². The fourth-order valence-electron chi connectivity index (χ4n) is 2.82. The fourth-order valence-corrected chi connectivity index (χ4v) is 3.12. The molecule has 1 aliphatic rings. The van der Waals surface area contributed by atoms with Crippen LogP contribution in [0.3, 0.4) is 0 Å². The van der Waals surface area contributed by atoms with Crippen molar-refractivity contribution in [1.82, 2.24) is 0 Å². The normalized spacial score (nSPS) is 27.9. The van der Waals surface area contributed by atoms with Crippen molar-refractivity contribution >= 4 is 10.4 Å². The minimum atomic E-state index is -4.96. The van der Waals surface area contributed by atoms with Gasteiger partial charge in [0.05, 0.1) is 6.61 Å². The third kappa shape index (κ3) is 11.6. The van der Waals surface area contributed by atoms with Gasteiger partial charge in [-0.15, -0.1) is 6.58 Å². The number of hydrogen-bond acceptors (Lipinski definition) is 9. The van der Waals surface area contributed by atoms with Gasteiger partial charge < -0.3 is 29.3 Å². The molecule has 5 atom stereocenters. The maximum atomic E-state index is 10.5. The van der Waals surface area contributed by atoms with Gasteiger partial charge in [-0.2, -0.15) is 0 Å². The van der Waals surface area contributed by atoms with Gasteiger partial charge in [-0.05, 0) is 19.3 Å². The van der Waals surface area contributed by atoms with Crippen LogP contribution in [0.2, 0.25) is 0 Å². The molecule has 160 valence electrons. The summed E-state index contributed by atoms with van der Waals surface area (Å²) in [7, 11) is -4.96. The number of hydrogen-bond donors (Lipinski definition) is 3. The van der Waals surface area contributed by atoms with Crippen LogP contribution >= 0.6 is 0 Å². The van der Waals surface area contributed by atoms with Crippen LogP contribution in [0.1, 0.15) is 51.4 Å². The molecule has 1 aliphatic heterocycles. The Labute approximate surface area is 189 Å². The predicted octanol–water partition coefficient (Wildman–Crippen LogP) is -2.40. The summed E-state index contributed by atoms with van der Waals surface area (Å²) in [4.78, 5) is 0. The summed E-state index contributed by atoms with van der Waals surface area (Å²) in [6.45, 7) is 3.18. The molecule has 0 spiro atoms. The van der Waals surface area contributed by atoms with Crippen molar-refractivity contribution in [3.63, 3.8) is 0 Å². The van der Waals surface area contributed by atoms with Crippen molar-refractivity contribution < 1.29 is 71.5 Å². The summed E-state index contributed by atoms with van der Waals surface area (Å²) >= 11 is 0. The zero-order chi connectivity index (χ0) is 20.3. The zero-order valence-corrected chi connectivity index (χ0v) is 19.3. The molecule has 9 nitrogen and oxygen atoms in total. The molecule has 0 aromatic heterocycles. The van der Waals surface area contributed by atoms with E-state index in [-0.39, 0.29) is 36.2 Å². The first-order valence-corrected chi connectivity index (χ1v) is 10.6. The van der Waals surface area contributed by atoms with E-state index < -0.39 is 47.7 Å². The third-order valence-corrected chi connectivity index (χ3v) is 4.80. The Bertz CT molecular complexity index is 517. The summed E-state index contributed by atoms with van der Waals surface area (Å²) in [6, 6.07) is 0. The Morgan fingerprint density at radius 1 is 0.964 bits per heavy atom. The molecular formula is C17H31NaO9S. The van der Waals surface area contributed by atoms with Gasteiger partial charge in [-0.3, -0.25) is 4.18 Å². The number of unbranched alkanes of at least 4 members (excludes halogenated alkanes) is 7. The molecule has 28 heavy (non-hydrogen) atoms. The van der Waals surface area contributed by atoms with Gasteiger partial charge in [0.25, 0.3) is 0 Å². The molecule has 0 aromatic carbocycles. The molecule has 3 N–H and O–H groups in total. The largest absolute Gasteiger partial charge is 1.00 e. The maximum Gasteiger partial charge on any atom is 1.00 e. The molecule has 11 heteroatoms. The predicted molar refractivity (Wildman–Crippen MR) is 95.4 cm³/mol. The van der Waals surface area contributed by atoms with E-state index in [1.54, 1.807) is 0 Å². The van der Waals surface area contributed by atoms with Gasteiger partial charge in [-0.1, -0.05) is 38.2 Å². The van der Waals surface area contributed by atoms with Crippen LogP contribution in [0.5, 0.6) is 0 Å². The number of ether oxygens (including phenoxy) is 2. The number of allylic oxidation sites excluding steroid dienone is 1. The molecule has 0 amide bonds. The van der Waals surface area contributed by atoms with Crippen LogP contribution < -0.4 is 29.6 Å². The number of rotatable bonds is 14. The van der Waals surface area contributed by atoms with Crippen LogP contribution in [0, 0.1) is 0 Å². The van der Waals surface area contributed by atoms with Gasteiger partial charge in [0.15, 0.2) is 6.29 Å². The minimum absolute atomic E-state index is 0. The Morgan fingerprint density at radius 3 is 2.11 bits per heavy atom. The molecule has 0 saturated carbocycles. The van der Waals surface area contributed by atoms with Gasteiger partial charge in [0.1, 0.15) is 24.4 Å². The van der Waals surface area contributed by atoms with Gasteiger partial charge in [0, 0.05) is 6.61 Å². The van der Waals surface area contributed by atoms with Gasteiger partial charge in [0.2, 0.25) is 10.4 Å². The molecule has 1 saturated heterocycles. The Kier molecular flexibility index (Phi) is 15.5. The molecule has 0 bridgehead atoms. The second-order valence-electron chi connectivity index (χ2n) is 6.63. The van der Waals surface area contributed by atoms with Gasteiger partial charge in [-0.25, -0.2) is 8.42 Å². The first-order chi connectivity index (χ1) is 12.8. The molecule has 0 radical (unpaired) electrons. The first-order valence-electron chi connectivity index (χ1n) is 9.28. The van der Waals surface area contributed by atoms with E-state index in [1.165, 1.54) is 12.8 Å². The molecule has 1 fully saturated rings. The molecule has 0 aromatic rings. The fraction of sp³-hybridized carbons (Fsp3) is 0.882. The van der Waals surface area contributed by atoms with Crippen LogP contribution in [0.15, 0.2) is 12.7 Å². The van der Waals surface area contributed by atoms with Crippen molar-refractivity contribution in [3.8, 4) is 0 Å². The van der Waals surface area contributed by atoms with E-state index in [0.29, 0.717) is 0 Å². The molecule has 0 unspecified atom stereocenters. The summed E-state index contributed by atoms with van der Waals surface area (Å²) < 4.78 is 46.2. The van der Waals surface area contributed by atoms with E-state index in [0.717, 1.165) is 38.5 Å². The number of aliphatic hydroxyl groups is 3. The summed E-state index contributed by atoms with van der Waals surface area (Å²) in [5.74, 6) is 0. The Balaban J connectivity index is 0.00000729. The number of aliphatic hydroxyl groups excluding tert-OH is 3. The van der Waals surface area contributed by atoms with Crippen molar-refractivity contribution in [2.45, 2.75) is 82.1 Å². The molecule has 0 aliphatic carbocycles. The van der Waals surface area contributed by atoms with E-state index in [4.69, 9.17) is 9.47 Å². The first kappa shape index (κ1) is 28.4. The summed E-state index contributed by atoms with van der Waals surface area (Å²) in [5, 5.41) is 29.5. The third-order valence-electron chi connectivity index (χ3n) is 4.38. The quantitative estimate of drug-likeness (QED) is 0.0895. The van der Waals surface area contributed by atoms with Crippen LogP contribution in [0.4, 0.5) is 0 Å². The van der Waals surface area contributed by atoms with Crippen LogP contribution in [0.25, 0.3) is 0 Å². The Hall–Kier alpha value is 0.410. The second kappa shape index (κ2) is 15.2. The van der Waals surface area contributed by atoms with E-state index in [1.807, 2.05) is 6.08 Å². The van der Waals surface area contributed by atoms with Crippen LogP contribution in [-0.2, 0) is 24.1 Å². The average molecular weight is 434 g/mol. The van der Waals surface area contributed by atoms with E-state index in [2.05, 4.69) is 10.8 Å². The topological polar surface area (TPSA) is 146 Å². The minimum Gasteiger partial charge on any atom is -0.726 e. The SMILES string of the molecule is C=CCCCCCCCCCO[C@H]1O[C@H](COS(=O)(=O)[O-])[C@@H](O)[C@H](O)[C@H]1O.[Na+]. The second-order valence-corrected chi connectivity index (χ2v) is 7.68. The molecule has 1 heterocycles. The molecule has 1 rings (SSSR count). The monoisotopic (exact) mass is 434 g/mol. The maximum absolute atomic E-state index is 10.5.